The summed E-state index contributed by atoms with van der Waals surface area (Å²) in [6.45, 7) is 4.50. The van der Waals surface area contributed by atoms with Crippen molar-refractivity contribution in [3.63, 3.8) is 0 Å². The van der Waals surface area contributed by atoms with Crippen molar-refractivity contribution in [3.8, 4) is 0 Å². The second kappa shape index (κ2) is 6.67. The predicted molar refractivity (Wildman–Crippen MR) is 76.3 cm³/mol. The van der Waals surface area contributed by atoms with Gasteiger partial charge in [0, 0.05) is 24.5 Å². The number of halogens is 1. The molecule has 1 aromatic rings. The van der Waals surface area contributed by atoms with Crippen LogP contribution in [0.2, 0.25) is 0 Å². The Hall–Kier alpha value is -1.66. The van der Waals surface area contributed by atoms with Crippen LogP contribution in [0.15, 0.2) is 18.2 Å². The molecule has 1 aliphatic heterocycles. The number of rotatable bonds is 4. The molecule has 20 heavy (non-hydrogen) atoms. The molecule has 1 saturated heterocycles. The van der Waals surface area contributed by atoms with Crippen molar-refractivity contribution in [2.24, 2.45) is 5.73 Å². The molecule has 0 saturated carbocycles. The van der Waals surface area contributed by atoms with E-state index in [1.54, 1.807) is 6.07 Å². The van der Waals surface area contributed by atoms with Crippen LogP contribution in [0.5, 0.6) is 0 Å². The zero-order valence-corrected chi connectivity index (χ0v) is 11.6. The number of morpholine rings is 1. The summed E-state index contributed by atoms with van der Waals surface area (Å²) in [5.74, 6) is -0.680. The summed E-state index contributed by atoms with van der Waals surface area (Å²) in [6, 6.07) is 3.93. The fourth-order valence-electron chi connectivity index (χ4n) is 2.07. The summed E-state index contributed by atoms with van der Waals surface area (Å²) in [7, 11) is 0. The molecular weight excluding hydrogens is 261 g/mol. The van der Waals surface area contributed by atoms with Crippen LogP contribution in [0.4, 0.5) is 15.8 Å². The standard InChI is InChI=1S/C14H20FN3O2/c1-2-13(16)14(19)17-11-7-10(15)8-12(9-11)18-3-5-20-6-4-18/h7-9,13H,2-6,16H2,1H3,(H,17,19)/t13-/m0/s1. The van der Waals surface area contributed by atoms with Crippen LogP contribution in [0.1, 0.15) is 13.3 Å². The third-order valence-electron chi connectivity index (χ3n) is 3.30. The molecule has 0 bridgehead atoms. The summed E-state index contributed by atoms with van der Waals surface area (Å²) in [5.41, 5.74) is 6.83. The Morgan fingerprint density at radius 3 is 2.80 bits per heavy atom. The van der Waals surface area contributed by atoms with E-state index in [0.29, 0.717) is 38.4 Å². The molecular formula is C14H20FN3O2. The minimum atomic E-state index is -0.579. The minimum Gasteiger partial charge on any atom is -0.378 e. The van der Waals surface area contributed by atoms with E-state index in [4.69, 9.17) is 10.5 Å². The number of nitrogens with two attached hydrogens (primary N) is 1. The molecule has 1 atom stereocenters. The van der Waals surface area contributed by atoms with Crippen molar-refractivity contribution >= 4 is 17.3 Å². The summed E-state index contributed by atoms with van der Waals surface area (Å²) in [6.07, 6.45) is 0.539. The summed E-state index contributed by atoms with van der Waals surface area (Å²) in [4.78, 5) is 13.8. The highest BCUT2D eigenvalue weighted by Crippen LogP contribution is 2.23. The average molecular weight is 281 g/mol. The van der Waals surface area contributed by atoms with Gasteiger partial charge in [0.25, 0.3) is 0 Å². The van der Waals surface area contributed by atoms with E-state index in [0.717, 1.165) is 5.69 Å². The molecule has 6 heteroatoms. The third kappa shape index (κ3) is 3.68. The van der Waals surface area contributed by atoms with Gasteiger partial charge in [-0.15, -0.1) is 0 Å². The van der Waals surface area contributed by atoms with E-state index >= 15 is 0 Å². The SMILES string of the molecule is CC[C@H](N)C(=O)Nc1cc(F)cc(N2CCOCC2)c1. The zero-order valence-electron chi connectivity index (χ0n) is 11.6. The highest BCUT2D eigenvalue weighted by atomic mass is 19.1. The lowest BCUT2D eigenvalue weighted by Crippen LogP contribution is -2.36. The third-order valence-corrected chi connectivity index (χ3v) is 3.30. The van der Waals surface area contributed by atoms with E-state index in [1.807, 2.05) is 11.8 Å². The number of hydrogen-bond acceptors (Lipinski definition) is 4. The Labute approximate surface area is 117 Å². The Morgan fingerprint density at radius 2 is 2.15 bits per heavy atom. The number of benzene rings is 1. The fraction of sp³-hybridized carbons (Fsp3) is 0.500. The van der Waals surface area contributed by atoms with Crippen molar-refractivity contribution in [2.45, 2.75) is 19.4 Å². The first-order valence-corrected chi connectivity index (χ1v) is 6.80. The molecule has 1 aromatic carbocycles. The van der Waals surface area contributed by atoms with Crippen molar-refractivity contribution in [2.75, 3.05) is 36.5 Å². The Kier molecular flexibility index (Phi) is 4.92. The van der Waals surface area contributed by atoms with E-state index in [1.165, 1.54) is 12.1 Å². The molecule has 0 aliphatic carbocycles. The molecule has 3 N–H and O–H groups in total. The number of carbonyl (C=O) groups is 1. The first kappa shape index (κ1) is 14.7. The minimum absolute atomic E-state index is 0.300. The molecule has 2 rings (SSSR count). The molecule has 1 amide bonds. The first-order chi connectivity index (χ1) is 9.60. The van der Waals surface area contributed by atoms with Gasteiger partial charge in [0.05, 0.1) is 19.3 Å². The van der Waals surface area contributed by atoms with Crippen molar-refractivity contribution in [1.82, 2.24) is 0 Å². The Morgan fingerprint density at radius 1 is 1.45 bits per heavy atom. The molecule has 1 fully saturated rings. The van der Waals surface area contributed by atoms with Gasteiger partial charge in [0.1, 0.15) is 5.82 Å². The maximum Gasteiger partial charge on any atom is 0.241 e. The van der Waals surface area contributed by atoms with Crippen LogP contribution in [0, 0.1) is 5.82 Å². The maximum atomic E-state index is 13.7. The zero-order chi connectivity index (χ0) is 14.5. The van der Waals surface area contributed by atoms with Crippen molar-refractivity contribution < 1.29 is 13.9 Å². The lowest BCUT2D eigenvalue weighted by Gasteiger charge is -2.29. The first-order valence-electron chi connectivity index (χ1n) is 6.80. The van der Waals surface area contributed by atoms with Gasteiger partial charge < -0.3 is 20.7 Å². The number of ether oxygens (including phenoxy) is 1. The van der Waals surface area contributed by atoms with E-state index < -0.39 is 6.04 Å². The van der Waals surface area contributed by atoms with Crippen LogP contribution < -0.4 is 16.0 Å². The van der Waals surface area contributed by atoms with Gasteiger partial charge >= 0.3 is 0 Å². The maximum absolute atomic E-state index is 13.7. The topological polar surface area (TPSA) is 67.6 Å². The van der Waals surface area contributed by atoms with Gasteiger partial charge in [0.15, 0.2) is 0 Å². The fourth-order valence-corrected chi connectivity index (χ4v) is 2.07. The lowest BCUT2D eigenvalue weighted by atomic mass is 10.2. The average Bonchev–Trinajstić information content (AvgIpc) is 2.46. The number of anilines is 2. The largest absolute Gasteiger partial charge is 0.378 e. The molecule has 1 aliphatic rings. The van der Waals surface area contributed by atoms with Gasteiger partial charge in [-0.3, -0.25) is 4.79 Å². The van der Waals surface area contributed by atoms with Crippen LogP contribution in [0.3, 0.4) is 0 Å². The highest BCUT2D eigenvalue weighted by Gasteiger charge is 2.15. The normalized spacial score (nSPS) is 16.9. The molecule has 110 valence electrons. The summed E-state index contributed by atoms with van der Waals surface area (Å²) >= 11 is 0. The smallest absolute Gasteiger partial charge is 0.241 e. The summed E-state index contributed by atoms with van der Waals surface area (Å²) < 4.78 is 18.9. The van der Waals surface area contributed by atoms with Gasteiger partial charge in [-0.2, -0.15) is 0 Å². The van der Waals surface area contributed by atoms with E-state index in [9.17, 15) is 9.18 Å². The molecule has 1 heterocycles. The number of nitrogens with one attached hydrogen (secondary N) is 1. The van der Waals surface area contributed by atoms with Gasteiger partial charge in [-0.1, -0.05) is 6.92 Å². The van der Waals surface area contributed by atoms with Gasteiger partial charge in [-0.05, 0) is 24.6 Å². The molecule has 0 spiro atoms. The van der Waals surface area contributed by atoms with E-state index in [-0.39, 0.29) is 11.7 Å². The van der Waals surface area contributed by atoms with Crippen LogP contribution >= 0.6 is 0 Å². The molecule has 0 aromatic heterocycles. The Bertz CT molecular complexity index is 475. The Balaban J connectivity index is 2.13. The highest BCUT2D eigenvalue weighted by molar-refractivity contribution is 5.95. The number of carbonyl (C=O) groups excluding carboxylic acids is 1. The van der Waals surface area contributed by atoms with Crippen molar-refractivity contribution in [3.05, 3.63) is 24.0 Å². The quantitative estimate of drug-likeness (QED) is 0.874. The second-order valence-electron chi connectivity index (χ2n) is 4.80. The van der Waals surface area contributed by atoms with Gasteiger partial charge in [-0.25, -0.2) is 4.39 Å². The van der Waals surface area contributed by atoms with Gasteiger partial charge in [0.2, 0.25) is 5.91 Å². The number of amides is 1. The number of hydrogen-bond donors (Lipinski definition) is 2. The molecule has 0 radical (unpaired) electrons. The van der Waals surface area contributed by atoms with Crippen LogP contribution in [-0.4, -0.2) is 38.3 Å². The lowest BCUT2D eigenvalue weighted by molar-refractivity contribution is -0.117. The molecule has 5 nitrogen and oxygen atoms in total. The van der Waals surface area contributed by atoms with Crippen LogP contribution in [0.25, 0.3) is 0 Å². The number of nitrogens with zero attached hydrogens (tertiary/aromatic N) is 1. The monoisotopic (exact) mass is 281 g/mol. The van der Waals surface area contributed by atoms with Crippen molar-refractivity contribution in [1.29, 1.82) is 0 Å². The summed E-state index contributed by atoms with van der Waals surface area (Å²) in [5, 5.41) is 2.65. The molecule has 0 unspecified atom stereocenters. The van der Waals surface area contributed by atoms with Crippen LogP contribution in [-0.2, 0) is 9.53 Å². The van der Waals surface area contributed by atoms with E-state index in [2.05, 4.69) is 5.32 Å². The predicted octanol–water partition coefficient (Wildman–Crippen LogP) is 1.34. The second-order valence-corrected chi connectivity index (χ2v) is 4.80.